The fourth-order valence-corrected chi connectivity index (χ4v) is 1.60. The molecular formula is C7H11NO4. The van der Waals surface area contributed by atoms with Gasteiger partial charge < -0.3 is 15.9 Å². The lowest BCUT2D eigenvalue weighted by Gasteiger charge is -2.02. The molecular weight excluding hydrogens is 162 g/mol. The first kappa shape index (κ1) is 8.99. The SMILES string of the molecule is C[C@@H]1[C@@H](C(=O)O)[C@@H]1[C@H](N)C(=O)O. The fraction of sp³-hybridized carbons (Fsp3) is 0.714. The van der Waals surface area contributed by atoms with E-state index in [0.717, 1.165) is 0 Å². The molecule has 0 aromatic rings. The standard InChI is InChI=1S/C7H11NO4/c1-2-3(4(2)6(9)10)5(8)7(11)12/h2-5H,8H2,1H3,(H,9,10)(H,11,12)/t2-,3+,4+,5-/m0/s1. The van der Waals surface area contributed by atoms with Crippen LogP contribution in [-0.4, -0.2) is 28.2 Å². The van der Waals surface area contributed by atoms with Crippen LogP contribution in [0.4, 0.5) is 0 Å². The summed E-state index contributed by atoms with van der Waals surface area (Å²) in [5, 5.41) is 17.1. The maximum atomic E-state index is 10.5. The van der Waals surface area contributed by atoms with Crippen LogP contribution in [0.1, 0.15) is 6.92 Å². The van der Waals surface area contributed by atoms with E-state index in [4.69, 9.17) is 15.9 Å². The van der Waals surface area contributed by atoms with Crippen LogP contribution in [0.25, 0.3) is 0 Å². The third-order valence-corrected chi connectivity index (χ3v) is 2.43. The highest BCUT2D eigenvalue weighted by molar-refractivity contribution is 5.80. The van der Waals surface area contributed by atoms with Gasteiger partial charge in [-0.1, -0.05) is 6.92 Å². The van der Waals surface area contributed by atoms with Gasteiger partial charge in [0.1, 0.15) is 6.04 Å². The van der Waals surface area contributed by atoms with Gasteiger partial charge in [0.2, 0.25) is 0 Å². The van der Waals surface area contributed by atoms with Crippen LogP contribution in [-0.2, 0) is 9.59 Å². The molecule has 1 rings (SSSR count). The predicted molar refractivity (Wildman–Crippen MR) is 39.4 cm³/mol. The molecule has 0 saturated heterocycles. The maximum Gasteiger partial charge on any atom is 0.320 e. The molecule has 1 aliphatic rings. The summed E-state index contributed by atoms with van der Waals surface area (Å²) in [4.78, 5) is 20.8. The molecule has 0 aliphatic heterocycles. The molecule has 1 aliphatic carbocycles. The highest BCUT2D eigenvalue weighted by Gasteiger charge is 2.56. The van der Waals surface area contributed by atoms with Gasteiger partial charge in [-0.15, -0.1) is 0 Å². The summed E-state index contributed by atoms with van der Waals surface area (Å²) in [5.41, 5.74) is 5.28. The predicted octanol–water partition coefficient (Wildman–Crippen LogP) is -0.635. The number of nitrogens with two attached hydrogens (primary N) is 1. The fourth-order valence-electron chi connectivity index (χ4n) is 1.60. The quantitative estimate of drug-likeness (QED) is 0.527. The second kappa shape index (κ2) is 2.75. The summed E-state index contributed by atoms with van der Waals surface area (Å²) in [5.74, 6) is -3.18. The molecule has 0 radical (unpaired) electrons. The highest BCUT2D eigenvalue weighted by Crippen LogP contribution is 2.47. The molecule has 5 heteroatoms. The van der Waals surface area contributed by atoms with E-state index in [0.29, 0.717) is 0 Å². The summed E-state index contributed by atoms with van der Waals surface area (Å²) in [6.45, 7) is 1.70. The van der Waals surface area contributed by atoms with Crippen LogP contribution >= 0.6 is 0 Å². The molecule has 5 nitrogen and oxygen atoms in total. The molecule has 0 heterocycles. The first-order chi connectivity index (χ1) is 5.46. The number of aliphatic carboxylic acids is 2. The Kier molecular flexibility index (Phi) is 2.06. The first-order valence-corrected chi connectivity index (χ1v) is 3.68. The number of hydrogen-bond acceptors (Lipinski definition) is 3. The van der Waals surface area contributed by atoms with Gasteiger partial charge in [0.15, 0.2) is 0 Å². The number of carboxylic acid groups (broad SMARTS) is 2. The molecule has 1 fully saturated rings. The van der Waals surface area contributed by atoms with Crippen molar-refractivity contribution in [1.82, 2.24) is 0 Å². The van der Waals surface area contributed by atoms with E-state index in [2.05, 4.69) is 0 Å². The lowest BCUT2D eigenvalue weighted by atomic mass is 10.1. The summed E-state index contributed by atoms with van der Waals surface area (Å²) >= 11 is 0. The molecule has 0 unspecified atom stereocenters. The van der Waals surface area contributed by atoms with Crippen molar-refractivity contribution in [3.63, 3.8) is 0 Å². The van der Waals surface area contributed by atoms with Crippen molar-refractivity contribution >= 4 is 11.9 Å². The van der Waals surface area contributed by atoms with E-state index in [9.17, 15) is 9.59 Å². The summed E-state index contributed by atoms with van der Waals surface area (Å²) < 4.78 is 0. The minimum absolute atomic E-state index is 0.117. The minimum atomic E-state index is -1.13. The Morgan fingerprint density at radius 3 is 2.17 bits per heavy atom. The van der Waals surface area contributed by atoms with Crippen molar-refractivity contribution in [3.8, 4) is 0 Å². The number of carbonyl (C=O) groups is 2. The van der Waals surface area contributed by atoms with Crippen molar-refractivity contribution in [2.45, 2.75) is 13.0 Å². The maximum absolute atomic E-state index is 10.5. The van der Waals surface area contributed by atoms with E-state index in [1.165, 1.54) is 0 Å². The Balaban J connectivity index is 2.58. The molecule has 68 valence electrons. The summed E-state index contributed by atoms with van der Waals surface area (Å²) in [6.07, 6.45) is 0. The average Bonchev–Trinajstić information content (AvgIpc) is 2.59. The van der Waals surface area contributed by atoms with Gasteiger partial charge in [-0.25, -0.2) is 0 Å². The number of hydrogen-bond donors (Lipinski definition) is 3. The largest absolute Gasteiger partial charge is 0.481 e. The third-order valence-electron chi connectivity index (χ3n) is 2.43. The molecule has 12 heavy (non-hydrogen) atoms. The number of rotatable bonds is 3. The normalized spacial score (nSPS) is 35.7. The topological polar surface area (TPSA) is 101 Å². The second-order valence-electron chi connectivity index (χ2n) is 3.16. The molecule has 4 N–H and O–H groups in total. The molecule has 0 spiro atoms. The zero-order valence-corrected chi connectivity index (χ0v) is 6.60. The number of carboxylic acids is 2. The molecule has 1 saturated carbocycles. The Morgan fingerprint density at radius 2 is 1.92 bits per heavy atom. The smallest absolute Gasteiger partial charge is 0.320 e. The van der Waals surface area contributed by atoms with Gasteiger partial charge in [-0.3, -0.25) is 9.59 Å². The van der Waals surface area contributed by atoms with Gasteiger partial charge >= 0.3 is 11.9 Å². The Labute approximate surface area is 69.2 Å². The second-order valence-corrected chi connectivity index (χ2v) is 3.16. The van der Waals surface area contributed by atoms with Crippen molar-refractivity contribution in [3.05, 3.63) is 0 Å². The Hall–Kier alpha value is -1.10. The van der Waals surface area contributed by atoms with E-state index in [1.807, 2.05) is 0 Å². The van der Waals surface area contributed by atoms with Crippen molar-refractivity contribution in [1.29, 1.82) is 0 Å². The average molecular weight is 173 g/mol. The van der Waals surface area contributed by atoms with Gasteiger partial charge in [0.25, 0.3) is 0 Å². The lowest BCUT2D eigenvalue weighted by molar-refractivity contribution is -0.140. The lowest BCUT2D eigenvalue weighted by Crippen LogP contribution is -2.33. The van der Waals surface area contributed by atoms with Gasteiger partial charge in [-0.2, -0.15) is 0 Å². The van der Waals surface area contributed by atoms with Crippen LogP contribution in [0.15, 0.2) is 0 Å². The van der Waals surface area contributed by atoms with Crippen LogP contribution in [0.3, 0.4) is 0 Å². The van der Waals surface area contributed by atoms with Crippen LogP contribution in [0.5, 0.6) is 0 Å². The molecule has 0 amide bonds. The van der Waals surface area contributed by atoms with E-state index >= 15 is 0 Å². The Bertz CT molecular complexity index is 211. The van der Waals surface area contributed by atoms with Crippen LogP contribution in [0.2, 0.25) is 0 Å². The zero-order valence-electron chi connectivity index (χ0n) is 6.60. The van der Waals surface area contributed by atoms with E-state index in [1.54, 1.807) is 6.92 Å². The molecule has 0 bridgehead atoms. The summed E-state index contributed by atoms with van der Waals surface area (Å²) in [7, 11) is 0. The van der Waals surface area contributed by atoms with E-state index in [-0.39, 0.29) is 5.92 Å². The van der Waals surface area contributed by atoms with Crippen LogP contribution < -0.4 is 5.73 Å². The minimum Gasteiger partial charge on any atom is -0.481 e. The Morgan fingerprint density at radius 1 is 1.42 bits per heavy atom. The highest BCUT2D eigenvalue weighted by atomic mass is 16.4. The van der Waals surface area contributed by atoms with Crippen molar-refractivity contribution in [2.75, 3.05) is 0 Å². The third kappa shape index (κ3) is 1.27. The molecule has 0 aromatic heterocycles. The van der Waals surface area contributed by atoms with Gasteiger partial charge in [0, 0.05) is 5.92 Å². The van der Waals surface area contributed by atoms with E-state index < -0.39 is 29.8 Å². The monoisotopic (exact) mass is 173 g/mol. The van der Waals surface area contributed by atoms with Crippen molar-refractivity contribution < 1.29 is 19.8 Å². The molecule has 0 aromatic carbocycles. The van der Waals surface area contributed by atoms with Crippen molar-refractivity contribution in [2.24, 2.45) is 23.5 Å². The van der Waals surface area contributed by atoms with Crippen LogP contribution in [0, 0.1) is 17.8 Å². The van der Waals surface area contributed by atoms with Gasteiger partial charge in [-0.05, 0) is 5.92 Å². The summed E-state index contributed by atoms with van der Waals surface area (Å²) in [6, 6.07) is -1.04. The molecule has 4 atom stereocenters. The zero-order chi connectivity index (χ0) is 9.46. The first-order valence-electron chi connectivity index (χ1n) is 3.68. The van der Waals surface area contributed by atoms with Gasteiger partial charge in [0.05, 0.1) is 5.92 Å².